The van der Waals surface area contributed by atoms with E-state index in [2.05, 4.69) is 24.5 Å². The van der Waals surface area contributed by atoms with Gasteiger partial charge in [0.1, 0.15) is 0 Å². The third-order valence-electron chi connectivity index (χ3n) is 3.11. The third kappa shape index (κ3) is 4.42. The van der Waals surface area contributed by atoms with Gasteiger partial charge in [0, 0.05) is 6.54 Å². The quantitative estimate of drug-likeness (QED) is 0.745. The highest BCUT2D eigenvalue weighted by molar-refractivity contribution is 5.77. The Morgan fingerprint density at radius 2 is 2.10 bits per heavy atom. The fourth-order valence-electron chi connectivity index (χ4n) is 1.91. The van der Waals surface area contributed by atoms with Crippen molar-refractivity contribution < 1.29 is 14.3 Å². The third-order valence-corrected chi connectivity index (χ3v) is 3.11. The summed E-state index contributed by atoms with van der Waals surface area (Å²) in [5.41, 5.74) is 1.00. The van der Waals surface area contributed by atoms with Crippen molar-refractivity contribution in [3.8, 4) is 11.5 Å². The first-order valence-electron chi connectivity index (χ1n) is 7.01. The van der Waals surface area contributed by atoms with Crippen LogP contribution in [0.15, 0.2) is 18.2 Å². The Morgan fingerprint density at radius 1 is 1.30 bits per heavy atom. The first-order chi connectivity index (χ1) is 9.65. The number of benzene rings is 1. The number of hydrogen-bond acceptors (Lipinski definition) is 4. The molecule has 20 heavy (non-hydrogen) atoms. The van der Waals surface area contributed by atoms with Crippen LogP contribution in [0.5, 0.6) is 11.5 Å². The largest absolute Gasteiger partial charge is 0.454 e. The predicted octanol–water partition coefficient (Wildman–Crippen LogP) is 1.67. The highest BCUT2D eigenvalue weighted by atomic mass is 16.7. The Kier molecular flexibility index (Phi) is 5.24. The fraction of sp³-hybridized carbons (Fsp3) is 0.533. The number of ether oxygens (including phenoxy) is 2. The van der Waals surface area contributed by atoms with Crippen LogP contribution in [0.3, 0.4) is 0 Å². The van der Waals surface area contributed by atoms with Crippen molar-refractivity contribution in [3.63, 3.8) is 0 Å². The van der Waals surface area contributed by atoms with E-state index < -0.39 is 0 Å². The zero-order valence-corrected chi connectivity index (χ0v) is 12.1. The van der Waals surface area contributed by atoms with Crippen LogP contribution in [0.4, 0.5) is 0 Å². The average Bonchev–Trinajstić information content (AvgIpc) is 2.88. The molecule has 5 heteroatoms. The van der Waals surface area contributed by atoms with Crippen molar-refractivity contribution in [1.29, 1.82) is 0 Å². The van der Waals surface area contributed by atoms with Crippen molar-refractivity contribution in [2.24, 2.45) is 5.92 Å². The zero-order valence-electron chi connectivity index (χ0n) is 12.1. The lowest BCUT2D eigenvalue weighted by atomic mass is 10.1. The molecule has 5 nitrogen and oxygen atoms in total. The highest BCUT2D eigenvalue weighted by Gasteiger charge is 2.13. The number of rotatable bonds is 7. The van der Waals surface area contributed by atoms with Gasteiger partial charge in [-0.2, -0.15) is 0 Å². The summed E-state index contributed by atoms with van der Waals surface area (Å²) in [7, 11) is 0. The molecular weight excluding hydrogens is 256 g/mol. The van der Waals surface area contributed by atoms with Gasteiger partial charge in [0.15, 0.2) is 11.5 Å². The molecule has 0 saturated heterocycles. The van der Waals surface area contributed by atoms with Crippen molar-refractivity contribution in [3.05, 3.63) is 23.8 Å². The van der Waals surface area contributed by atoms with Gasteiger partial charge < -0.3 is 20.1 Å². The molecule has 110 valence electrons. The fourth-order valence-corrected chi connectivity index (χ4v) is 1.91. The van der Waals surface area contributed by atoms with Crippen LogP contribution < -0.4 is 20.1 Å². The van der Waals surface area contributed by atoms with E-state index in [9.17, 15) is 4.79 Å². The Bertz CT molecular complexity index is 460. The van der Waals surface area contributed by atoms with Gasteiger partial charge in [-0.3, -0.25) is 4.79 Å². The van der Waals surface area contributed by atoms with Gasteiger partial charge in [0.25, 0.3) is 0 Å². The molecule has 0 radical (unpaired) electrons. The van der Waals surface area contributed by atoms with Crippen LogP contribution in [0, 0.1) is 5.92 Å². The van der Waals surface area contributed by atoms with E-state index in [1.54, 1.807) is 0 Å². The smallest absolute Gasteiger partial charge is 0.234 e. The monoisotopic (exact) mass is 278 g/mol. The highest BCUT2D eigenvalue weighted by Crippen LogP contribution is 2.32. The maximum atomic E-state index is 11.7. The Balaban J connectivity index is 1.68. The molecule has 0 unspecified atom stereocenters. The first-order valence-corrected chi connectivity index (χ1v) is 7.01. The molecule has 1 amide bonds. The minimum atomic E-state index is 0.00595. The Morgan fingerprint density at radius 3 is 2.90 bits per heavy atom. The van der Waals surface area contributed by atoms with Gasteiger partial charge in [-0.15, -0.1) is 0 Å². The molecule has 0 bridgehead atoms. The topological polar surface area (TPSA) is 59.6 Å². The van der Waals surface area contributed by atoms with E-state index in [0.717, 1.165) is 30.0 Å². The van der Waals surface area contributed by atoms with Crippen molar-refractivity contribution >= 4 is 5.91 Å². The second-order valence-electron chi connectivity index (χ2n) is 5.32. The van der Waals surface area contributed by atoms with Gasteiger partial charge >= 0.3 is 0 Å². The summed E-state index contributed by atoms with van der Waals surface area (Å²) in [6.07, 6.45) is 1.08. The van der Waals surface area contributed by atoms with Crippen LogP contribution in [0.1, 0.15) is 25.8 Å². The molecular formula is C15H22N2O3. The molecule has 0 aliphatic carbocycles. The molecule has 0 fully saturated rings. The molecule has 2 N–H and O–H groups in total. The predicted molar refractivity (Wildman–Crippen MR) is 76.7 cm³/mol. The molecule has 1 heterocycles. The van der Waals surface area contributed by atoms with Crippen LogP contribution in [0.2, 0.25) is 0 Å². The van der Waals surface area contributed by atoms with E-state index in [1.807, 2.05) is 18.2 Å². The molecule has 1 aliphatic rings. The number of fused-ring (bicyclic) bond motifs is 1. The standard InChI is InChI=1S/C15H22N2O3/c1-11(2)5-6-16-9-15(18)17-8-12-3-4-13-14(7-12)20-10-19-13/h3-4,7,11,16H,5-6,8-10H2,1-2H3,(H,17,18). The number of carbonyl (C=O) groups is 1. The minimum absolute atomic E-state index is 0.00595. The first kappa shape index (κ1) is 14.7. The molecule has 0 aromatic heterocycles. The zero-order chi connectivity index (χ0) is 14.4. The van der Waals surface area contributed by atoms with E-state index in [0.29, 0.717) is 19.0 Å². The number of hydrogen-bond donors (Lipinski definition) is 2. The second kappa shape index (κ2) is 7.14. The maximum Gasteiger partial charge on any atom is 0.234 e. The lowest BCUT2D eigenvalue weighted by Gasteiger charge is -2.08. The van der Waals surface area contributed by atoms with Gasteiger partial charge in [0.05, 0.1) is 6.54 Å². The molecule has 1 aliphatic heterocycles. The van der Waals surface area contributed by atoms with Crippen molar-refractivity contribution in [2.75, 3.05) is 19.9 Å². The summed E-state index contributed by atoms with van der Waals surface area (Å²) in [6, 6.07) is 5.69. The maximum absolute atomic E-state index is 11.7. The lowest BCUT2D eigenvalue weighted by molar-refractivity contribution is -0.120. The van der Waals surface area contributed by atoms with E-state index >= 15 is 0 Å². The molecule has 1 aromatic rings. The summed E-state index contributed by atoms with van der Waals surface area (Å²) in [5, 5.41) is 6.02. The van der Waals surface area contributed by atoms with Crippen LogP contribution in [0.25, 0.3) is 0 Å². The summed E-state index contributed by atoms with van der Waals surface area (Å²) in [6.45, 7) is 6.33. The number of nitrogens with one attached hydrogen (secondary N) is 2. The Hall–Kier alpha value is -1.75. The van der Waals surface area contributed by atoms with Crippen LogP contribution >= 0.6 is 0 Å². The normalized spacial score (nSPS) is 12.8. The van der Waals surface area contributed by atoms with E-state index in [4.69, 9.17) is 9.47 Å². The number of carbonyl (C=O) groups excluding carboxylic acids is 1. The number of amides is 1. The van der Waals surface area contributed by atoms with Gasteiger partial charge in [-0.1, -0.05) is 19.9 Å². The van der Waals surface area contributed by atoms with Crippen LogP contribution in [-0.2, 0) is 11.3 Å². The van der Waals surface area contributed by atoms with Gasteiger partial charge in [-0.25, -0.2) is 0 Å². The summed E-state index contributed by atoms with van der Waals surface area (Å²) >= 11 is 0. The lowest BCUT2D eigenvalue weighted by Crippen LogP contribution is -2.34. The molecule has 1 aromatic carbocycles. The van der Waals surface area contributed by atoms with Crippen molar-refractivity contribution in [1.82, 2.24) is 10.6 Å². The van der Waals surface area contributed by atoms with E-state index in [1.165, 1.54) is 0 Å². The molecule has 2 rings (SSSR count). The minimum Gasteiger partial charge on any atom is -0.454 e. The average molecular weight is 278 g/mol. The summed E-state index contributed by atoms with van der Waals surface area (Å²) in [4.78, 5) is 11.7. The van der Waals surface area contributed by atoms with E-state index in [-0.39, 0.29) is 12.7 Å². The molecule has 0 spiro atoms. The van der Waals surface area contributed by atoms with Gasteiger partial charge in [0.2, 0.25) is 12.7 Å². The SMILES string of the molecule is CC(C)CCNCC(=O)NCc1ccc2c(c1)OCO2. The summed E-state index contributed by atoms with van der Waals surface area (Å²) in [5.74, 6) is 2.16. The van der Waals surface area contributed by atoms with Crippen molar-refractivity contribution in [2.45, 2.75) is 26.8 Å². The Labute approximate surface area is 119 Å². The second-order valence-corrected chi connectivity index (χ2v) is 5.32. The molecule has 0 atom stereocenters. The van der Waals surface area contributed by atoms with Gasteiger partial charge in [-0.05, 0) is 36.6 Å². The molecule has 0 saturated carbocycles. The summed E-state index contributed by atoms with van der Waals surface area (Å²) < 4.78 is 10.5. The van der Waals surface area contributed by atoms with Crippen LogP contribution in [-0.4, -0.2) is 25.8 Å².